The molecule has 0 fully saturated rings. The van der Waals surface area contributed by atoms with Gasteiger partial charge in [0.25, 0.3) is 0 Å². The SMILES string of the molecule is CCOP(=O)(OCC)c1ccc(F)c(Br)c1. The van der Waals surface area contributed by atoms with Crippen molar-refractivity contribution in [3.05, 3.63) is 28.5 Å². The highest BCUT2D eigenvalue weighted by atomic mass is 79.9. The van der Waals surface area contributed by atoms with E-state index < -0.39 is 13.4 Å². The lowest BCUT2D eigenvalue weighted by Gasteiger charge is -2.17. The summed E-state index contributed by atoms with van der Waals surface area (Å²) in [7, 11) is -3.32. The monoisotopic (exact) mass is 310 g/mol. The van der Waals surface area contributed by atoms with Crippen LogP contribution in [-0.4, -0.2) is 13.2 Å². The van der Waals surface area contributed by atoms with Crippen molar-refractivity contribution in [2.75, 3.05) is 13.2 Å². The smallest absolute Gasteiger partial charge is 0.305 e. The van der Waals surface area contributed by atoms with E-state index in [0.717, 1.165) is 0 Å². The summed E-state index contributed by atoms with van der Waals surface area (Å²) in [5.74, 6) is -0.414. The lowest BCUT2D eigenvalue weighted by Crippen LogP contribution is -2.11. The second kappa shape index (κ2) is 5.92. The van der Waals surface area contributed by atoms with Gasteiger partial charge in [0.2, 0.25) is 0 Å². The lowest BCUT2D eigenvalue weighted by atomic mass is 10.3. The van der Waals surface area contributed by atoms with Crippen LogP contribution in [0.3, 0.4) is 0 Å². The van der Waals surface area contributed by atoms with E-state index in [1.165, 1.54) is 18.2 Å². The van der Waals surface area contributed by atoms with E-state index in [4.69, 9.17) is 9.05 Å². The molecule has 1 aromatic rings. The van der Waals surface area contributed by atoms with Crippen LogP contribution in [0, 0.1) is 5.82 Å². The van der Waals surface area contributed by atoms with E-state index in [1.54, 1.807) is 13.8 Å². The average molecular weight is 311 g/mol. The first-order valence-electron chi connectivity index (χ1n) is 4.88. The van der Waals surface area contributed by atoms with Crippen LogP contribution in [0.5, 0.6) is 0 Å². The lowest BCUT2D eigenvalue weighted by molar-refractivity contribution is 0.230. The predicted molar refractivity (Wildman–Crippen MR) is 64.6 cm³/mol. The number of halogens is 2. The summed E-state index contributed by atoms with van der Waals surface area (Å²) >= 11 is 3.03. The van der Waals surface area contributed by atoms with Gasteiger partial charge in [-0.3, -0.25) is 4.57 Å². The van der Waals surface area contributed by atoms with Crippen molar-refractivity contribution in [1.29, 1.82) is 0 Å². The van der Waals surface area contributed by atoms with Crippen molar-refractivity contribution in [2.45, 2.75) is 13.8 Å². The summed E-state index contributed by atoms with van der Waals surface area (Å²) < 4.78 is 35.9. The van der Waals surface area contributed by atoms with Gasteiger partial charge in [-0.25, -0.2) is 4.39 Å². The Kier molecular flexibility index (Phi) is 5.12. The zero-order chi connectivity index (χ0) is 12.2. The number of benzene rings is 1. The van der Waals surface area contributed by atoms with Crippen LogP contribution in [-0.2, 0) is 13.6 Å². The van der Waals surface area contributed by atoms with Crippen LogP contribution in [0.15, 0.2) is 22.7 Å². The van der Waals surface area contributed by atoms with Crippen molar-refractivity contribution in [3.63, 3.8) is 0 Å². The molecule has 0 atom stereocenters. The first kappa shape index (κ1) is 13.8. The molecule has 0 bridgehead atoms. The van der Waals surface area contributed by atoms with E-state index in [0.29, 0.717) is 5.30 Å². The Morgan fingerprint density at radius 1 is 1.31 bits per heavy atom. The molecule has 0 N–H and O–H groups in total. The molecule has 1 aromatic carbocycles. The molecule has 1 rings (SSSR count). The Balaban J connectivity index is 3.11. The minimum atomic E-state index is -3.32. The number of hydrogen-bond acceptors (Lipinski definition) is 3. The fourth-order valence-electron chi connectivity index (χ4n) is 1.18. The van der Waals surface area contributed by atoms with Gasteiger partial charge in [0.05, 0.1) is 23.0 Å². The van der Waals surface area contributed by atoms with Crippen molar-refractivity contribution in [1.82, 2.24) is 0 Å². The van der Waals surface area contributed by atoms with E-state index in [-0.39, 0.29) is 17.7 Å². The summed E-state index contributed by atoms with van der Waals surface area (Å²) in [5.41, 5.74) is 0. The maximum absolute atomic E-state index is 13.0. The minimum Gasteiger partial charge on any atom is -0.305 e. The first-order chi connectivity index (χ1) is 7.53. The minimum absolute atomic E-state index is 0.240. The fourth-order valence-corrected chi connectivity index (χ4v) is 3.33. The van der Waals surface area contributed by atoms with E-state index in [2.05, 4.69) is 15.9 Å². The van der Waals surface area contributed by atoms with Crippen LogP contribution >= 0.6 is 23.5 Å². The molecule has 0 aromatic heterocycles. The Hall–Kier alpha value is -0.220. The molecule has 16 heavy (non-hydrogen) atoms. The van der Waals surface area contributed by atoms with Crippen molar-refractivity contribution < 1.29 is 18.0 Å². The fraction of sp³-hybridized carbons (Fsp3) is 0.400. The van der Waals surface area contributed by atoms with Crippen LogP contribution in [0.25, 0.3) is 0 Å². The Labute approximate surface area is 103 Å². The Bertz CT molecular complexity index is 401. The van der Waals surface area contributed by atoms with Gasteiger partial charge in [0.15, 0.2) is 0 Å². The number of rotatable bonds is 5. The van der Waals surface area contributed by atoms with Gasteiger partial charge >= 0.3 is 7.60 Å². The maximum atomic E-state index is 13.0. The third-order valence-electron chi connectivity index (χ3n) is 1.82. The summed E-state index contributed by atoms with van der Waals surface area (Å²) in [4.78, 5) is 0. The quantitative estimate of drug-likeness (QED) is 0.781. The van der Waals surface area contributed by atoms with Gasteiger partial charge in [-0.15, -0.1) is 0 Å². The highest BCUT2D eigenvalue weighted by molar-refractivity contribution is 9.10. The molecule has 0 spiro atoms. The molecule has 6 heteroatoms. The molecule has 90 valence electrons. The van der Waals surface area contributed by atoms with Gasteiger partial charge < -0.3 is 9.05 Å². The molecular formula is C10H13BrFO3P. The van der Waals surface area contributed by atoms with E-state index in [1.807, 2.05) is 0 Å². The molecule has 0 unspecified atom stereocenters. The topological polar surface area (TPSA) is 35.5 Å². The summed E-state index contributed by atoms with van der Waals surface area (Å²) in [6, 6.07) is 4.05. The van der Waals surface area contributed by atoms with Crippen LogP contribution in [0.2, 0.25) is 0 Å². The first-order valence-corrected chi connectivity index (χ1v) is 7.21. The third kappa shape index (κ3) is 3.14. The van der Waals surface area contributed by atoms with Gasteiger partial charge in [-0.1, -0.05) is 0 Å². The van der Waals surface area contributed by atoms with E-state index in [9.17, 15) is 8.96 Å². The Morgan fingerprint density at radius 3 is 2.31 bits per heavy atom. The highest BCUT2D eigenvalue weighted by Gasteiger charge is 2.27. The molecule has 0 aliphatic heterocycles. The molecule has 0 aliphatic carbocycles. The molecule has 0 saturated heterocycles. The van der Waals surface area contributed by atoms with Crippen LogP contribution < -0.4 is 5.30 Å². The zero-order valence-corrected chi connectivity index (χ0v) is 11.6. The standard InChI is InChI=1S/C10H13BrFO3P/c1-3-14-16(13,15-4-2)8-5-6-10(12)9(11)7-8/h5-7H,3-4H2,1-2H3. The number of hydrogen-bond donors (Lipinski definition) is 0. The largest absolute Gasteiger partial charge is 0.361 e. The van der Waals surface area contributed by atoms with Gasteiger partial charge in [0, 0.05) is 0 Å². The van der Waals surface area contributed by atoms with Crippen LogP contribution in [0.1, 0.15) is 13.8 Å². The molecule has 0 heterocycles. The van der Waals surface area contributed by atoms with Gasteiger partial charge in [0.1, 0.15) is 5.82 Å². The van der Waals surface area contributed by atoms with Crippen molar-refractivity contribution in [3.8, 4) is 0 Å². The summed E-state index contributed by atoms with van der Waals surface area (Å²) in [6.07, 6.45) is 0. The van der Waals surface area contributed by atoms with Crippen molar-refractivity contribution >= 4 is 28.8 Å². The predicted octanol–water partition coefficient (Wildman–Crippen LogP) is 3.48. The second-order valence-corrected chi connectivity index (χ2v) is 5.81. The summed E-state index contributed by atoms with van der Waals surface area (Å²) in [6.45, 7) is 3.99. The molecule has 0 radical (unpaired) electrons. The van der Waals surface area contributed by atoms with Crippen LogP contribution in [0.4, 0.5) is 4.39 Å². The van der Waals surface area contributed by atoms with Gasteiger partial charge in [-0.2, -0.15) is 0 Å². The highest BCUT2D eigenvalue weighted by Crippen LogP contribution is 2.47. The van der Waals surface area contributed by atoms with E-state index >= 15 is 0 Å². The Morgan fingerprint density at radius 2 is 1.88 bits per heavy atom. The molecule has 0 amide bonds. The van der Waals surface area contributed by atoms with Gasteiger partial charge in [-0.05, 0) is 48.0 Å². The molecular weight excluding hydrogens is 298 g/mol. The molecule has 0 aliphatic rings. The molecule has 0 saturated carbocycles. The third-order valence-corrected chi connectivity index (χ3v) is 4.53. The normalized spacial score (nSPS) is 11.8. The molecule has 3 nitrogen and oxygen atoms in total. The summed E-state index contributed by atoms with van der Waals surface area (Å²) in [5, 5.41) is 0.351. The second-order valence-electron chi connectivity index (χ2n) is 2.93. The zero-order valence-electron chi connectivity index (χ0n) is 9.07. The average Bonchev–Trinajstić information content (AvgIpc) is 2.22. The van der Waals surface area contributed by atoms with Crippen molar-refractivity contribution in [2.24, 2.45) is 0 Å². The maximum Gasteiger partial charge on any atom is 0.361 e.